The number of amides is 1. The van der Waals surface area contributed by atoms with E-state index in [1.54, 1.807) is 6.20 Å². The molecule has 0 unspecified atom stereocenters. The maximum absolute atomic E-state index is 12.5. The Morgan fingerprint density at radius 3 is 2.50 bits per heavy atom. The molecule has 0 aliphatic carbocycles. The van der Waals surface area contributed by atoms with E-state index >= 15 is 0 Å². The third-order valence-electron chi connectivity index (χ3n) is 3.33. The molecule has 110 valence electrons. The van der Waals surface area contributed by atoms with Crippen molar-refractivity contribution in [1.29, 1.82) is 0 Å². The summed E-state index contributed by atoms with van der Waals surface area (Å²) in [5, 5.41) is 8.84. The third kappa shape index (κ3) is 4.33. The Morgan fingerprint density at radius 2 is 2.00 bits per heavy atom. The molecule has 1 aromatic rings. The number of aryl methyl sites for hydroxylation is 1. The average Bonchev–Trinajstić information content (AvgIpc) is 2.40. The minimum atomic E-state index is -0.917. The van der Waals surface area contributed by atoms with E-state index in [2.05, 4.69) is 4.98 Å². The van der Waals surface area contributed by atoms with E-state index in [-0.39, 0.29) is 24.8 Å². The zero-order chi connectivity index (χ0) is 15.1. The number of carboxylic acid groups (broad SMARTS) is 1. The van der Waals surface area contributed by atoms with Crippen LogP contribution in [0.3, 0.4) is 0 Å². The monoisotopic (exact) mass is 278 g/mol. The number of nitrogens with zero attached hydrogens (tertiary/aromatic N) is 2. The van der Waals surface area contributed by atoms with E-state index in [0.29, 0.717) is 5.82 Å². The van der Waals surface area contributed by atoms with Gasteiger partial charge >= 0.3 is 5.97 Å². The molecule has 1 aromatic heterocycles. The summed E-state index contributed by atoms with van der Waals surface area (Å²) in [6.45, 7) is 6.00. The lowest BCUT2D eigenvalue weighted by Gasteiger charge is -2.25. The Hall–Kier alpha value is -1.91. The normalized spacial score (nSPS) is 10.6. The van der Waals surface area contributed by atoms with Crippen molar-refractivity contribution in [1.82, 2.24) is 4.98 Å². The first-order valence-corrected chi connectivity index (χ1v) is 6.95. The van der Waals surface area contributed by atoms with Crippen LogP contribution < -0.4 is 4.90 Å². The van der Waals surface area contributed by atoms with Crippen molar-refractivity contribution in [3.8, 4) is 0 Å². The number of aliphatic carboxylic acids is 1. The van der Waals surface area contributed by atoms with E-state index in [0.717, 1.165) is 18.4 Å². The highest BCUT2D eigenvalue weighted by Gasteiger charge is 2.24. The second-order valence-corrected chi connectivity index (χ2v) is 4.84. The number of hydrogen-bond donors (Lipinski definition) is 1. The van der Waals surface area contributed by atoms with Gasteiger partial charge < -0.3 is 5.11 Å². The summed E-state index contributed by atoms with van der Waals surface area (Å²) in [4.78, 5) is 29.0. The predicted molar refractivity (Wildman–Crippen MR) is 77.7 cm³/mol. The average molecular weight is 278 g/mol. The van der Waals surface area contributed by atoms with Gasteiger partial charge in [-0.3, -0.25) is 14.5 Å². The number of aromatic nitrogens is 1. The second-order valence-electron chi connectivity index (χ2n) is 4.84. The highest BCUT2D eigenvalue weighted by atomic mass is 16.4. The molecule has 20 heavy (non-hydrogen) atoms. The molecular formula is C15H22N2O3. The van der Waals surface area contributed by atoms with Crippen LogP contribution in [-0.2, 0) is 9.59 Å². The Bertz CT molecular complexity index is 470. The molecular weight excluding hydrogens is 256 g/mol. The highest BCUT2D eigenvalue weighted by Crippen LogP contribution is 2.19. The number of rotatable bonds is 7. The van der Waals surface area contributed by atoms with Crippen molar-refractivity contribution >= 4 is 17.7 Å². The molecule has 0 aromatic carbocycles. The van der Waals surface area contributed by atoms with Crippen LogP contribution in [0, 0.1) is 12.8 Å². The van der Waals surface area contributed by atoms with Gasteiger partial charge in [-0.05, 0) is 37.5 Å². The van der Waals surface area contributed by atoms with Crippen LogP contribution in [0.25, 0.3) is 0 Å². The molecule has 1 heterocycles. The molecule has 0 atom stereocenters. The number of carboxylic acids is 1. The first-order valence-electron chi connectivity index (χ1n) is 6.95. The zero-order valence-electron chi connectivity index (χ0n) is 12.3. The Labute approximate surface area is 119 Å². The number of hydrogen-bond acceptors (Lipinski definition) is 3. The van der Waals surface area contributed by atoms with Crippen LogP contribution in [0.1, 0.15) is 38.7 Å². The molecule has 0 spiro atoms. The molecule has 1 N–H and O–H groups in total. The lowest BCUT2D eigenvalue weighted by atomic mass is 10.0. The summed E-state index contributed by atoms with van der Waals surface area (Å²) >= 11 is 0. The smallest absolute Gasteiger partial charge is 0.305 e. The summed E-state index contributed by atoms with van der Waals surface area (Å²) in [5.74, 6) is -0.524. The first-order chi connectivity index (χ1) is 9.49. The van der Waals surface area contributed by atoms with E-state index < -0.39 is 5.97 Å². The Kier molecular flexibility index (Phi) is 6.15. The molecule has 0 saturated heterocycles. The van der Waals surface area contributed by atoms with Crippen molar-refractivity contribution in [2.75, 3.05) is 11.4 Å². The molecule has 0 aliphatic heterocycles. The van der Waals surface area contributed by atoms with Crippen molar-refractivity contribution in [3.05, 3.63) is 23.9 Å². The van der Waals surface area contributed by atoms with Gasteiger partial charge in [-0.15, -0.1) is 0 Å². The molecule has 5 heteroatoms. The topological polar surface area (TPSA) is 70.5 Å². The Balaban J connectivity index is 3.01. The van der Waals surface area contributed by atoms with Gasteiger partial charge in [-0.1, -0.05) is 13.8 Å². The molecule has 0 aliphatic rings. The largest absolute Gasteiger partial charge is 0.481 e. The fourth-order valence-corrected chi connectivity index (χ4v) is 2.07. The fourth-order valence-electron chi connectivity index (χ4n) is 2.07. The van der Waals surface area contributed by atoms with Crippen LogP contribution in [0.2, 0.25) is 0 Å². The van der Waals surface area contributed by atoms with Gasteiger partial charge in [0.1, 0.15) is 5.82 Å². The predicted octanol–water partition coefficient (Wildman–Crippen LogP) is 2.63. The van der Waals surface area contributed by atoms with Crippen LogP contribution in [0.15, 0.2) is 18.3 Å². The van der Waals surface area contributed by atoms with Gasteiger partial charge in [0.05, 0.1) is 6.42 Å². The van der Waals surface area contributed by atoms with Gasteiger partial charge in [0.2, 0.25) is 5.91 Å². The van der Waals surface area contributed by atoms with E-state index in [4.69, 9.17) is 5.11 Å². The summed E-state index contributed by atoms with van der Waals surface area (Å²) in [5.41, 5.74) is 0.993. The van der Waals surface area contributed by atoms with E-state index in [1.165, 1.54) is 4.90 Å². The van der Waals surface area contributed by atoms with Gasteiger partial charge in [0.25, 0.3) is 0 Å². The molecule has 1 amide bonds. The lowest BCUT2D eigenvalue weighted by Crippen LogP contribution is -2.38. The number of anilines is 1. The van der Waals surface area contributed by atoms with Crippen molar-refractivity contribution in [2.45, 2.75) is 40.0 Å². The summed E-state index contributed by atoms with van der Waals surface area (Å²) in [6, 6.07) is 3.66. The molecule has 1 rings (SSSR count). The first kappa shape index (κ1) is 16.1. The van der Waals surface area contributed by atoms with Crippen molar-refractivity contribution in [2.24, 2.45) is 5.92 Å². The van der Waals surface area contributed by atoms with Gasteiger partial charge in [0, 0.05) is 18.7 Å². The maximum Gasteiger partial charge on any atom is 0.305 e. The second kappa shape index (κ2) is 7.62. The SMILES string of the molecule is CCC(CC)C(=O)N(CCC(=O)O)c1cc(C)ccn1. The minimum Gasteiger partial charge on any atom is -0.481 e. The molecule has 0 bridgehead atoms. The number of carbonyl (C=O) groups is 2. The molecule has 0 saturated carbocycles. The Morgan fingerprint density at radius 1 is 1.35 bits per heavy atom. The molecule has 0 radical (unpaired) electrons. The van der Waals surface area contributed by atoms with Crippen molar-refractivity contribution in [3.63, 3.8) is 0 Å². The fraction of sp³-hybridized carbons (Fsp3) is 0.533. The lowest BCUT2D eigenvalue weighted by molar-refractivity contribution is -0.136. The molecule has 5 nitrogen and oxygen atoms in total. The van der Waals surface area contributed by atoms with Gasteiger partial charge in [-0.25, -0.2) is 4.98 Å². The van der Waals surface area contributed by atoms with Gasteiger partial charge in [-0.2, -0.15) is 0 Å². The third-order valence-corrected chi connectivity index (χ3v) is 3.33. The quantitative estimate of drug-likeness (QED) is 0.832. The van der Waals surface area contributed by atoms with E-state index in [1.807, 2.05) is 32.9 Å². The van der Waals surface area contributed by atoms with Crippen molar-refractivity contribution < 1.29 is 14.7 Å². The summed E-state index contributed by atoms with van der Waals surface area (Å²) < 4.78 is 0. The van der Waals surface area contributed by atoms with Crippen LogP contribution in [0.5, 0.6) is 0 Å². The van der Waals surface area contributed by atoms with E-state index in [9.17, 15) is 9.59 Å². The summed E-state index contributed by atoms with van der Waals surface area (Å²) in [7, 11) is 0. The zero-order valence-corrected chi connectivity index (χ0v) is 12.3. The number of carbonyl (C=O) groups excluding carboxylic acids is 1. The molecule has 0 fully saturated rings. The number of pyridine rings is 1. The maximum atomic E-state index is 12.5. The van der Waals surface area contributed by atoms with Crippen LogP contribution in [0.4, 0.5) is 5.82 Å². The van der Waals surface area contributed by atoms with Gasteiger partial charge in [0.15, 0.2) is 0 Å². The van der Waals surface area contributed by atoms with Crippen LogP contribution >= 0.6 is 0 Å². The summed E-state index contributed by atoms with van der Waals surface area (Å²) in [6.07, 6.45) is 3.04. The highest BCUT2D eigenvalue weighted by molar-refractivity contribution is 5.94. The standard InChI is InChI=1S/C15H22N2O3/c1-4-12(5-2)15(20)17(9-7-14(18)19)13-10-11(3)6-8-16-13/h6,8,10,12H,4-5,7,9H2,1-3H3,(H,18,19). The minimum absolute atomic E-state index is 0.0469. The van der Waals surface area contributed by atoms with Crippen LogP contribution in [-0.4, -0.2) is 28.5 Å².